The molecule has 1 aromatic rings. The van der Waals surface area contributed by atoms with Gasteiger partial charge >= 0.3 is 0 Å². The van der Waals surface area contributed by atoms with E-state index in [1.165, 1.54) is 16.6 Å². The summed E-state index contributed by atoms with van der Waals surface area (Å²) in [6, 6.07) is 1.52. The first-order valence-electron chi connectivity index (χ1n) is 7.16. The van der Waals surface area contributed by atoms with Gasteiger partial charge in [-0.2, -0.15) is 4.31 Å². The zero-order chi connectivity index (χ0) is 15.7. The van der Waals surface area contributed by atoms with Gasteiger partial charge in [-0.3, -0.25) is 0 Å². The Kier molecular flexibility index (Phi) is 5.34. The van der Waals surface area contributed by atoms with Crippen LogP contribution in [0.1, 0.15) is 39.5 Å². The third-order valence-electron chi connectivity index (χ3n) is 4.67. The van der Waals surface area contributed by atoms with Crippen molar-refractivity contribution >= 4 is 37.6 Å². The quantitative estimate of drug-likeness (QED) is 0.722. The molecule has 0 aliphatic carbocycles. The van der Waals surface area contributed by atoms with Crippen LogP contribution >= 0.6 is 27.5 Å². The van der Waals surface area contributed by atoms with Crippen LogP contribution in [0.2, 0.25) is 5.15 Å². The van der Waals surface area contributed by atoms with Crippen LogP contribution in [0.3, 0.4) is 0 Å². The van der Waals surface area contributed by atoms with Crippen LogP contribution in [0.5, 0.6) is 0 Å². The van der Waals surface area contributed by atoms with E-state index in [2.05, 4.69) is 34.8 Å². The van der Waals surface area contributed by atoms with Crippen molar-refractivity contribution in [1.82, 2.24) is 9.29 Å². The molecule has 1 aromatic heterocycles. The predicted octanol–water partition coefficient (Wildman–Crippen LogP) is 4.09. The predicted molar refractivity (Wildman–Crippen MR) is 88.0 cm³/mol. The summed E-state index contributed by atoms with van der Waals surface area (Å²) in [5, 5.41) is 0.0287. The monoisotopic (exact) mass is 394 g/mol. The maximum atomic E-state index is 12.7. The molecule has 118 valence electrons. The van der Waals surface area contributed by atoms with Gasteiger partial charge < -0.3 is 0 Å². The van der Waals surface area contributed by atoms with Gasteiger partial charge in [-0.1, -0.05) is 38.3 Å². The first kappa shape index (κ1) is 17.2. The zero-order valence-electron chi connectivity index (χ0n) is 12.3. The summed E-state index contributed by atoms with van der Waals surface area (Å²) < 4.78 is 27.6. The minimum absolute atomic E-state index is 0.0287. The Morgan fingerprint density at radius 2 is 1.90 bits per heavy atom. The lowest BCUT2D eigenvalue weighted by atomic mass is 9.75. The van der Waals surface area contributed by atoms with Crippen molar-refractivity contribution in [2.45, 2.75) is 44.4 Å². The largest absolute Gasteiger partial charge is 0.246 e. The third kappa shape index (κ3) is 3.44. The molecule has 0 radical (unpaired) electrons. The number of aromatic nitrogens is 1. The van der Waals surface area contributed by atoms with Crippen LogP contribution < -0.4 is 0 Å². The van der Waals surface area contributed by atoms with Gasteiger partial charge in [-0.25, -0.2) is 13.4 Å². The third-order valence-corrected chi connectivity index (χ3v) is 7.43. The van der Waals surface area contributed by atoms with E-state index in [9.17, 15) is 8.42 Å². The Balaban J connectivity index is 2.24. The smallest absolute Gasteiger partial charge is 0.242 e. The van der Waals surface area contributed by atoms with Gasteiger partial charge in [0.15, 0.2) is 0 Å². The minimum Gasteiger partial charge on any atom is -0.242 e. The average molecular weight is 396 g/mol. The van der Waals surface area contributed by atoms with E-state index in [-0.39, 0.29) is 15.5 Å². The molecule has 0 spiro atoms. The Labute approximate surface area is 140 Å². The lowest BCUT2D eigenvalue weighted by Crippen LogP contribution is -2.42. The van der Waals surface area contributed by atoms with E-state index in [1.54, 1.807) is 0 Å². The average Bonchev–Trinajstić information content (AvgIpc) is 2.49. The summed E-state index contributed by atoms with van der Waals surface area (Å²) in [7, 11) is -3.57. The molecular weight excluding hydrogens is 376 g/mol. The first-order valence-corrected chi connectivity index (χ1v) is 9.77. The normalized spacial score (nSPS) is 19.6. The fraction of sp³-hybridized carbons (Fsp3) is 0.643. The highest BCUT2D eigenvalue weighted by Crippen LogP contribution is 2.39. The highest BCUT2D eigenvalue weighted by molar-refractivity contribution is 9.10. The second-order valence-electron chi connectivity index (χ2n) is 5.55. The van der Waals surface area contributed by atoms with Crippen LogP contribution in [-0.2, 0) is 10.0 Å². The number of pyridine rings is 1. The van der Waals surface area contributed by atoms with Gasteiger partial charge in [-0.15, -0.1) is 0 Å². The molecule has 1 fully saturated rings. The summed E-state index contributed by atoms with van der Waals surface area (Å²) >= 11 is 9.22. The minimum atomic E-state index is -3.57. The fourth-order valence-corrected chi connectivity index (χ4v) is 5.24. The number of hydrogen-bond acceptors (Lipinski definition) is 3. The van der Waals surface area contributed by atoms with Crippen molar-refractivity contribution < 1.29 is 8.42 Å². The molecule has 0 bridgehead atoms. The standard InChI is InChI=1S/C14H20BrClN2O2S/c1-3-14(4-2)5-7-18(8-6-14)21(19,20)12-9-11(15)10-17-13(12)16/h9-10H,3-8H2,1-2H3. The van der Waals surface area contributed by atoms with E-state index in [0.29, 0.717) is 17.6 Å². The summed E-state index contributed by atoms with van der Waals surface area (Å²) in [6.45, 7) is 5.46. The molecule has 21 heavy (non-hydrogen) atoms. The molecule has 1 aliphatic rings. The van der Waals surface area contributed by atoms with Gasteiger partial charge in [0.25, 0.3) is 0 Å². The summed E-state index contributed by atoms with van der Waals surface area (Å²) in [5.74, 6) is 0. The maximum absolute atomic E-state index is 12.7. The molecule has 0 aromatic carbocycles. The molecule has 4 nitrogen and oxygen atoms in total. The molecule has 0 saturated carbocycles. The Hall–Kier alpha value is -0.170. The lowest BCUT2D eigenvalue weighted by Gasteiger charge is -2.40. The Bertz CT molecular complexity index is 607. The summed E-state index contributed by atoms with van der Waals surface area (Å²) in [6.07, 6.45) is 5.49. The van der Waals surface area contributed by atoms with Crippen LogP contribution in [0.25, 0.3) is 0 Å². The van der Waals surface area contributed by atoms with Gasteiger partial charge in [0, 0.05) is 23.8 Å². The SMILES string of the molecule is CCC1(CC)CCN(S(=O)(=O)c2cc(Br)cnc2Cl)CC1. The van der Waals surface area contributed by atoms with E-state index in [1.807, 2.05) is 0 Å². The molecule has 1 aliphatic heterocycles. The molecule has 1 saturated heterocycles. The van der Waals surface area contributed by atoms with Crippen molar-refractivity contribution in [3.8, 4) is 0 Å². The van der Waals surface area contributed by atoms with Gasteiger partial charge in [0.05, 0.1) is 0 Å². The number of halogens is 2. The van der Waals surface area contributed by atoms with E-state index in [0.717, 1.165) is 25.7 Å². The van der Waals surface area contributed by atoms with E-state index >= 15 is 0 Å². The molecule has 0 unspecified atom stereocenters. The molecular formula is C14H20BrClN2O2S. The van der Waals surface area contributed by atoms with Crippen LogP contribution in [-0.4, -0.2) is 30.8 Å². The van der Waals surface area contributed by atoms with Gasteiger partial charge in [0.1, 0.15) is 10.0 Å². The number of hydrogen-bond donors (Lipinski definition) is 0. The molecule has 0 atom stereocenters. The van der Waals surface area contributed by atoms with E-state index < -0.39 is 10.0 Å². The molecule has 2 heterocycles. The fourth-order valence-electron chi connectivity index (χ4n) is 2.88. The molecule has 2 rings (SSSR count). The highest BCUT2D eigenvalue weighted by atomic mass is 79.9. The summed E-state index contributed by atoms with van der Waals surface area (Å²) in [4.78, 5) is 4.00. The van der Waals surface area contributed by atoms with Crippen molar-refractivity contribution in [2.24, 2.45) is 5.41 Å². The number of sulfonamides is 1. The number of nitrogens with zero attached hydrogens (tertiary/aromatic N) is 2. The van der Waals surface area contributed by atoms with Crippen molar-refractivity contribution in [3.63, 3.8) is 0 Å². The second-order valence-corrected chi connectivity index (χ2v) is 8.73. The van der Waals surface area contributed by atoms with Crippen molar-refractivity contribution in [3.05, 3.63) is 21.9 Å². The molecule has 0 amide bonds. The topological polar surface area (TPSA) is 50.3 Å². The Morgan fingerprint density at radius 1 is 1.33 bits per heavy atom. The number of piperidine rings is 1. The van der Waals surface area contributed by atoms with Crippen molar-refractivity contribution in [2.75, 3.05) is 13.1 Å². The van der Waals surface area contributed by atoms with E-state index in [4.69, 9.17) is 11.6 Å². The molecule has 0 N–H and O–H groups in total. The highest BCUT2D eigenvalue weighted by Gasteiger charge is 2.37. The zero-order valence-corrected chi connectivity index (χ0v) is 15.4. The van der Waals surface area contributed by atoms with Crippen LogP contribution in [0.15, 0.2) is 21.6 Å². The molecule has 7 heteroatoms. The van der Waals surface area contributed by atoms with Gasteiger partial charge in [0.2, 0.25) is 10.0 Å². The van der Waals surface area contributed by atoms with Crippen LogP contribution in [0.4, 0.5) is 0 Å². The maximum Gasteiger partial charge on any atom is 0.246 e. The Morgan fingerprint density at radius 3 is 2.43 bits per heavy atom. The lowest BCUT2D eigenvalue weighted by molar-refractivity contribution is 0.141. The first-order chi connectivity index (χ1) is 9.84. The van der Waals surface area contributed by atoms with Gasteiger partial charge in [-0.05, 0) is 40.3 Å². The second kappa shape index (κ2) is 6.52. The van der Waals surface area contributed by atoms with Crippen LogP contribution in [0, 0.1) is 5.41 Å². The van der Waals surface area contributed by atoms with Crippen molar-refractivity contribution in [1.29, 1.82) is 0 Å². The summed E-state index contributed by atoms with van der Waals surface area (Å²) in [5.41, 5.74) is 0.283. The number of rotatable bonds is 4.